The first-order chi connectivity index (χ1) is 5.93. The number of rotatable bonds is 1. The molecular weight excluding hydrogens is 220 g/mol. The Morgan fingerprint density at radius 3 is 2.00 bits per heavy atom. The van der Waals surface area contributed by atoms with Gasteiger partial charge >= 0.3 is 8.68 Å². The van der Waals surface area contributed by atoms with Gasteiger partial charge in [-0.25, -0.2) is 0 Å². The molecule has 0 bridgehead atoms. The van der Waals surface area contributed by atoms with E-state index in [9.17, 15) is 17.3 Å². The van der Waals surface area contributed by atoms with Gasteiger partial charge < -0.3 is 22.2 Å². The van der Waals surface area contributed by atoms with Crippen molar-refractivity contribution in [2.75, 3.05) is 13.1 Å². The fourth-order valence-electron chi connectivity index (χ4n) is 0.742. The van der Waals surface area contributed by atoms with Crippen molar-refractivity contribution in [1.29, 1.82) is 0 Å². The molecule has 1 aliphatic heterocycles. The maximum absolute atomic E-state index is 9.75. The Kier molecular flexibility index (Phi) is 8.73. The third kappa shape index (κ3) is 13.9. The first-order valence-corrected chi connectivity index (χ1v) is 3.88. The first-order valence-electron chi connectivity index (χ1n) is 3.88. The van der Waals surface area contributed by atoms with Gasteiger partial charge in [0.25, 0.3) is 0 Å². The van der Waals surface area contributed by atoms with Crippen LogP contribution >= 0.6 is 12.4 Å². The highest BCUT2D eigenvalue weighted by Gasteiger charge is 2.20. The molecule has 0 aromatic carbocycles. The average Bonchev–Trinajstić information content (AvgIpc) is 2.03. The molecule has 0 amide bonds. The van der Waals surface area contributed by atoms with Gasteiger partial charge in [-0.05, 0) is 19.2 Å². The van der Waals surface area contributed by atoms with Crippen LogP contribution in [0.4, 0.5) is 17.3 Å². The van der Waals surface area contributed by atoms with E-state index in [1.807, 2.05) is 0 Å². The lowest BCUT2D eigenvalue weighted by atomic mass is 10.3. The van der Waals surface area contributed by atoms with Crippen molar-refractivity contribution in [2.45, 2.75) is 6.92 Å². The van der Waals surface area contributed by atoms with Crippen LogP contribution in [0.1, 0.15) is 8.35 Å². The minimum Gasteiger partial charge on any atom is -0.418 e. The van der Waals surface area contributed by atoms with Crippen molar-refractivity contribution in [3.8, 4) is 0 Å². The van der Waals surface area contributed by atoms with Gasteiger partial charge in [0, 0.05) is 13.1 Å². The highest BCUT2D eigenvalue weighted by molar-refractivity contribution is 6.50. The summed E-state index contributed by atoms with van der Waals surface area (Å²) in [6, 6.07) is 0. The summed E-state index contributed by atoms with van der Waals surface area (Å²) in [4.78, 5) is 2.25. The van der Waals surface area contributed by atoms with Gasteiger partial charge in [0.1, 0.15) is 0 Å². The lowest BCUT2D eigenvalue weighted by Gasteiger charge is -2.16. The van der Waals surface area contributed by atoms with E-state index in [1.54, 1.807) is 0 Å². The van der Waals surface area contributed by atoms with Gasteiger partial charge in [-0.3, -0.25) is 0 Å². The number of likely N-dealkylation sites (N-methyl/N-ethyl adjacent to an activating group) is 1. The second kappa shape index (κ2) is 7.73. The Balaban J connectivity index is -0.000000185. The Hall–Kier alpha value is -0.645. The molecule has 84 valence electrons. The van der Waals surface area contributed by atoms with Crippen LogP contribution in [0.25, 0.3) is 0 Å². The Morgan fingerprint density at radius 1 is 1.29 bits per heavy atom. The zero-order valence-corrected chi connectivity index (χ0v) is 8.48. The zero-order valence-electron chi connectivity index (χ0n) is 8.67. The van der Waals surface area contributed by atoms with Crippen LogP contribution in [-0.2, 0) is 0 Å². The number of nitrogens with zero attached hydrogens (tertiary/aromatic N) is 1. The summed E-state index contributed by atoms with van der Waals surface area (Å²) >= 11 is 0. The average molecular weight is 233 g/mol. The Labute approximate surface area is 88.5 Å². The second-order valence-corrected chi connectivity index (χ2v) is 2.35. The maximum Gasteiger partial charge on any atom is 1.00 e. The predicted octanol–water partition coefficient (Wildman–Crippen LogP) is 3.23. The fourth-order valence-corrected chi connectivity index (χ4v) is 0.742. The molecule has 0 unspecified atom stereocenters. The SMILES string of the molecule is CCN1C=CC=CC1.Cl.F[B-](F)(F)F.[H+]. The zero-order chi connectivity index (χ0) is 10.3. The van der Waals surface area contributed by atoms with E-state index in [0.717, 1.165) is 13.1 Å². The maximum atomic E-state index is 9.75. The molecule has 0 aliphatic carbocycles. The normalized spacial score (nSPS) is 14.2. The molecule has 14 heavy (non-hydrogen) atoms. The molecular formula is C7H13BClF4N. The van der Waals surface area contributed by atoms with Crippen LogP contribution in [0.2, 0.25) is 0 Å². The smallest absolute Gasteiger partial charge is 0.418 e. The van der Waals surface area contributed by atoms with E-state index in [0.29, 0.717) is 0 Å². The molecule has 1 aliphatic rings. The van der Waals surface area contributed by atoms with Crippen molar-refractivity contribution in [2.24, 2.45) is 0 Å². The van der Waals surface area contributed by atoms with Crippen molar-refractivity contribution < 1.29 is 18.7 Å². The van der Waals surface area contributed by atoms with Gasteiger partial charge in [-0.1, -0.05) is 12.2 Å². The van der Waals surface area contributed by atoms with Crippen LogP contribution < -0.4 is 0 Å². The lowest BCUT2D eigenvalue weighted by Crippen LogP contribution is -2.17. The summed E-state index contributed by atoms with van der Waals surface area (Å²) in [6.07, 6.45) is 8.41. The fraction of sp³-hybridized carbons (Fsp3) is 0.429. The van der Waals surface area contributed by atoms with Gasteiger partial charge in [-0.2, -0.15) is 0 Å². The third-order valence-corrected chi connectivity index (χ3v) is 1.29. The molecule has 7 heteroatoms. The van der Waals surface area contributed by atoms with Crippen LogP contribution in [0.3, 0.4) is 0 Å². The monoisotopic (exact) mass is 233 g/mol. The van der Waals surface area contributed by atoms with E-state index in [4.69, 9.17) is 0 Å². The molecule has 0 saturated heterocycles. The number of hydrogen-bond donors (Lipinski definition) is 0. The van der Waals surface area contributed by atoms with Gasteiger partial charge in [0.15, 0.2) is 0 Å². The Morgan fingerprint density at radius 2 is 1.79 bits per heavy atom. The van der Waals surface area contributed by atoms with Crippen LogP contribution in [-0.4, -0.2) is 25.2 Å². The predicted molar refractivity (Wildman–Crippen MR) is 54.1 cm³/mol. The van der Waals surface area contributed by atoms with Gasteiger partial charge in [0.2, 0.25) is 0 Å². The molecule has 1 heterocycles. The van der Waals surface area contributed by atoms with E-state index < -0.39 is 7.25 Å². The molecule has 0 fully saturated rings. The van der Waals surface area contributed by atoms with E-state index in [1.165, 1.54) is 0 Å². The summed E-state index contributed by atoms with van der Waals surface area (Å²) in [5, 5.41) is 0. The van der Waals surface area contributed by atoms with Gasteiger partial charge in [-0.15, -0.1) is 12.4 Å². The van der Waals surface area contributed by atoms with Crippen molar-refractivity contribution in [1.82, 2.24) is 4.90 Å². The summed E-state index contributed by atoms with van der Waals surface area (Å²) in [5.41, 5.74) is 0. The topological polar surface area (TPSA) is 3.24 Å². The number of halogens is 5. The van der Waals surface area contributed by atoms with Crippen LogP contribution in [0.5, 0.6) is 0 Å². The lowest BCUT2D eigenvalue weighted by molar-refractivity contribution is 0.368. The quantitative estimate of drug-likeness (QED) is 0.496. The molecule has 0 spiro atoms. The summed E-state index contributed by atoms with van der Waals surface area (Å²) < 4.78 is 39.0. The summed E-state index contributed by atoms with van der Waals surface area (Å²) in [5.74, 6) is 0. The highest BCUT2D eigenvalue weighted by Crippen LogP contribution is 2.06. The van der Waals surface area contributed by atoms with Crippen LogP contribution in [0, 0.1) is 0 Å². The van der Waals surface area contributed by atoms with Crippen molar-refractivity contribution in [3.05, 3.63) is 24.4 Å². The summed E-state index contributed by atoms with van der Waals surface area (Å²) in [7, 11) is -6.00. The third-order valence-electron chi connectivity index (χ3n) is 1.29. The van der Waals surface area contributed by atoms with Crippen LogP contribution in [0.15, 0.2) is 24.4 Å². The van der Waals surface area contributed by atoms with Gasteiger partial charge in [0.05, 0.1) is 0 Å². The molecule has 0 saturated carbocycles. The highest BCUT2D eigenvalue weighted by atomic mass is 35.5. The number of allylic oxidation sites excluding steroid dienone is 2. The molecule has 0 aromatic rings. The molecule has 1 nitrogen and oxygen atoms in total. The standard InChI is InChI=1S/C7H11N.BF4.ClH/c1-2-8-6-4-3-5-7-8;2-1(3,4)5;/h3-6H,2,7H2,1H3;;1H/q;-1;/p+1. The second-order valence-electron chi connectivity index (χ2n) is 2.35. The minimum atomic E-state index is -6.00. The van der Waals surface area contributed by atoms with E-state index in [2.05, 4.69) is 36.3 Å². The number of hydrogen-bond acceptors (Lipinski definition) is 1. The Bertz CT molecular complexity index is 192. The van der Waals surface area contributed by atoms with E-state index in [-0.39, 0.29) is 13.8 Å². The molecule has 0 N–H and O–H groups in total. The largest absolute Gasteiger partial charge is 1.00 e. The first kappa shape index (κ1) is 15.8. The molecule has 0 radical (unpaired) electrons. The van der Waals surface area contributed by atoms with Crippen molar-refractivity contribution in [3.63, 3.8) is 0 Å². The van der Waals surface area contributed by atoms with E-state index >= 15 is 0 Å². The summed E-state index contributed by atoms with van der Waals surface area (Å²) in [6.45, 7) is 4.34. The molecule has 0 atom stereocenters. The van der Waals surface area contributed by atoms with Crippen molar-refractivity contribution >= 4 is 19.7 Å². The molecule has 1 rings (SSSR count). The minimum absolute atomic E-state index is 0. The molecule has 0 aromatic heterocycles.